The lowest BCUT2D eigenvalue weighted by atomic mass is 10.2. The summed E-state index contributed by atoms with van der Waals surface area (Å²) in [4.78, 5) is 0. The minimum atomic E-state index is 0.705. The van der Waals surface area contributed by atoms with Crippen LogP contribution in [0.4, 0.5) is 0 Å². The van der Waals surface area contributed by atoms with Crippen LogP contribution in [0.5, 0.6) is 11.5 Å². The summed E-state index contributed by atoms with van der Waals surface area (Å²) in [5.74, 6) is 1.61. The number of hydrogen-bond donors (Lipinski definition) is 1. The molecular weight excluding hydrogens is 178 g/mol. The summed E-state index contributed by atoms with van der Waals surface area (Å²) in [5, 5.41) is 3.02. The Morgan fingerprint density at radius 3 is 2.71 bits per heavy atom. The molecular formula is C11H15NO2. The second-order valence-corrected chi connectivity index (χ2v) is 2.76. The van der Waals surface area contributed by atoms with Crippen molar-refractivity contribution in [3.8, 4) is 11.5 Å². The molecule has 0 aliphatic carbocycles. The van der Waals surface area contributed by atoms with Crippen LogP contribution < -0.4 is 14.8 Å². The normalized spacial score (nSPS) is 9.29. The van der Waals surface area contributed by atoms with Gasteiger partial charge in [-0.05, 0) is 18.3 Å². The van der Waals surface area contributed by atoms with Crippen molar-refractivity contribution in [3.05, 3.63) is 36.5 Å². The van der Waals surface area contributed by atoms with E-state index in [0.29, 0.717) is 6.54 Å². The van der Waals surface area contributed by atoms with Crippen LogP contribution in [0.1, 0.15) is 5.56 Å². The molecule has 1 rings (SSSR count). The highest BCUT2D eigenvalue weighted by Crippen LogP contribution is 2.24. The molecule has 1 N–H and O–H groups in total. The molecule has 0 spiro atoms. The van der Waals surface area contributed by atoms with Gasteiger partial charge in [-0.2, -0.15) is 0 Å². The highest BCUT2D eigenvalue weighted by atomic mass is 16.5. The Hall–Kier alpha value is -1.64. The molecule has 3 heteroatoms. The van der Waals surface area contributed by atoms with Crippen molar-refractivity contribution in [1.82, 2.24) is 5.32 Å². The fourth-order valence-electron chi connectivity index (χ4n) is 1.18. The van der Waals surface area contributed by atoms with Crippen LogP contribution in [-0.2, 0) is 6.54 Å². The van der Waals surface area contributed by atoms with Gasteiger partial charge in [-0.3, -0.25) is 0 Å². The average molecular weight is 193 g/mol. The molecule has 0 saturated carbocycles. The van der Waals surface area contributed by atoms with Crippen molar-refractivity contribution in [2.45, 2.75) is 6.54 Å². The average Bonchev–Trinajstić information content (AvgIpc) is 2.26. The SMILES string of the molecule is C=CNCc1ccc(OC)cc1OC. The molecule has 0 aliphatic heterocycles. The third kappa shape index (κ3) is 2.42. The van der Waals surface area contributed by atoms with Crippen molar-refractivity contribution in [1.29, 1.82) is 0 Å². The molecule has 0 saturated heterocycles. The van der Waals surface area contributed by atoms with Crippen LogP contribution in [0, 0.1) is 0 Å². The summed E-state index contributed by atoms with van der Waals surface area (Å²) in [6.45, 7) is 4.29. The van der Waals surface area contributed by atoms with Gasteiger partial charge in [0.2, 0.25) is 0 Å². The largest absolute Gasteiger partial charge is 0.497 e. The van der Waals surface area contributed by atoms with Crippen LogP contribution in [-0.4, -0.2) is 14.2 Å². The van der Waals surface area contributed by atoms with Gasteiger partial charge in [0.15, 0.2) is 0 Å². The lowest BCUT2D eigenvalue weighted by Gasteiger charge is -2.09. The maximum atomic E-state index is 5.23. The van der Waals surface area contributed by atoms with Crippen LogP contribution >= 0.6 is 0 Å². The molecule has 3 nitrogen and oxygen atoms in total. The molecule has 0 bridgehead atoms. The Bertz CT molecular complexity index is 310. The second kappa shape index (κ2) is 5.17. The molecule has 0 radical (unpaired) electrons. The topological polar surface area (TPSA) is 30.5 Å². The molecule has 0 amide bonds. The third-order valence-electron chi connectivity index (χ3n) is 1.93. The van der Waals surface area contributed by atoms with E-state index in [4.69, 9.17) is 9.47 Å². The Morgan fingerprint density at radius 2 is 2.14 bits per heavy atom. The standard InChI is InChI=1S/C11H15NO2/c1-4-12-8-9-5-6-10(13-2)7-11(9)14-3/h4-7,12H,1,8H2,2-3H3. The summed E-state index contributed by atoms with van der Waals surface area (Å²) in [5.41, 5.74) is 1.08. The molecule has 0 fully saturated rings. The molecule has 0 aliphatic rings. The fraction of sp³-hybridized carbons (Fsp3) is 0.273. The van der Waals surface area contributed by atoms with Crippen LogP contribution in [0.15, 0.2) is 31.0 Å². The van der Waals surface area contributed by atoms with E-state index in [0.717, 1.165) is 17.1 Å². The van der Waals surface area contributed by atoms with E-state index in [-0.39, 0.29) is 0 Å². The zero-order valence-electron chi connectivity index (χ0n) is 8.54. The number of methoxy groups -OCH3 is 2. The summed E-state index contributed by atoms with van der Waals surface area (Å²) >= 11 is 0. The van der Waals surface area contributed by atoms with Gasteiger partial charge in [-0.15, -0.1) is 0 Å². The van der Waals surface area contributed by atoms with Gasteiger partial charge in [-0.1, -0.05) is 6.58 Å². The summed E-state index contributed by atoms with van der Waals surface area (Å²) in [7, 11) is 3.28. The smallest absolute Gasteiger partial charge is 0.127 e. The molecule has 76 valence electrons. The molecule has 1 aromatic rings. The molecule has 0 unspecified atom stereocenters. The first-order valence-electron chi connectivity index (χ1n) is 4.37. The highest BCUT2D eigenvalue weighted by molar-refractivity contribution is 5.40. The van der Waals surface area contributed by atoms with E-state index in [1.807, 2.05) is 18.2 Å². The Morgan fingerprint density at radius 1 is 1.36 bits per heavy atom. The lowest BCUT2D eigenvalue weighted by molar-refractivity contribution is 0.390. The number of nitrogens with one attached hydrogen (secondary N) is 1. The molecule has 0 heterocycles. The Balaban J connectivity index is 2.87. The van der Waals surface area contributed by atoms with Crippen LogP contribution in [0.2, 0.25) is 0 Å². The van der Waals surface area contributed by atoms with Gasteiger partial charge in [0.05, 0.1) is 14.2 Å². The zero-order valence-corrected chi connectivity index (χ0v) is 8.54. The zero-order chi connectivity index (χ0) is 10.4. The van der Waals surface area contributed by atoms with Crippen molar-refractivity contribution in [3.63, 3.8) is 0 Å². The van der Waals surface area contributed by atoms with Gasteiger partial charge in [0.1, 0.15) is 11.5 Å². The van der Waals surface area contributed by atoms with E-state index in [2.05, 4.69) is 11.9 Å². The Labute approximate surface area is 84.3 Å². The van der Waals surface area contributed by atoms with Crippen LogP contribution in [0.3, 0.4) is 0 Å². The number of rotatable bonds is 5. The molecule has 0 atom stereocenters. The minimum Gasteiger partial charge on any atom is -0.497 e. The summed E-state index contributed by atoms with van der Waals surface area (Å²) < 4.78 is 10.3. The van der Waals surface area contributed by atoms with Gasteiger partial charge in [0.25, 0.3) is 0 Å². The second-order valence-electron chi connectivity index (χ2n) is 2.76. The monoisotopic (exact) mass is 193 g/mol. The first-order valence-corrected chi connectivity index (χ1v) is 4.37. The van der Waals surface area contributed by atoms with Crippen LogP contribution in [0.25, 0.3) is 0 Å². The van der Waals surface area contributed by atoms with Crippen molar-refractivity contribution < 1.29 is 9.47 Å². The van der Waals surface area contributed by atoms with Gasteiger partial charge < -0.3 is 14.8 Å². The molecule has 1 aromatic carbocycles. The van der Waals surface area contributed by atoms with Crippen molar-refractivity contribution in [2.75, 3.05) is 14.2 Å². The van der Waals surface area contributed by atoms with E-state index >= 15 is 0 Å². The fourth-order valence-corrected chi connectivity index (χ4v) is 1.18. The quantitative estimate of drug-likeness (QED) is 0.775. The summed E-state index contributed by atoms with van der Waals surface area (Å²) in [6, 6.07) is 5.73. The van der Waals surface area contributed by atoms with Crippen molar-refractivity contribution in [2.24, 2.45) is 0 Å². The lowest BCUT2D eigenvalue weighted by Crippen LogP contribution is -2.05. The summed E-state index contributed by atoms with van der Waals surface area (Å²) in [6.07, 6.45) is 1.66. The highest BCUT2D eigenvalue weighted by Gasteiger charge is 2.03. The molecule has 0 aromatic heterocycles. The Kier molecular flexibility index (Phi) is 3.85. The maximum Gasteiger partial charge on any atom is 0.127 e. The predicted octanol–water partition coefficient (Wildman–Crippen LogP) is 1.94. The first-order chi connectivity index (χ1) is 6.81. The minimum absolute atomic E-state index is 0.705. The van der Waals surface area contributed by atoms with E-state index in [1.54, 1.807) is 20.4 Å². The molecule has 14 heavy (non-hydrogen) atoms. The number of benzene rings is 1. The van der Waals surface area contributed by atoms with E-state index in [1.165, 1.54) is 0 Å². The third-order valence-corrected chi connectivity index (χ3v) is 1.93. The van der Waals surface area contributed by atoms with Gasteiger partial charge in [0, 0.05) is 18.2 Å². The number of hydrogen-bond acceptors (Lipinski definition) is 3. The van der Waals surface area contributed by atoms with Crippen molar-refractivity contribution >= 4 is 0 Å². The maximum absolute atomic E-state index is 5.23. The number of ether oxygens (including phenoxy) is 2. The van der Waals surface area contributed by atoms with E-state index < -0.39 is 0 Å². The van der Waals surface area contributed by atoms with Gasteiger partial charge in [-0.25, -0.2) is 0 Å². The van der Waals surface area contributed by atoms with E-state index in [9.17, 15) is 0 Å². The first kappa shape index (κ1) is 10.4. The predicted molar refractivity (Wildman–Crippen MR) is 56.6 cm³/mol. The van der Waals surface area contributed by atoms with Gasteiger partial charge >= 0.3 is 0 Å².